The molecule has 0 heterocycles. The molecule has 0 aliphatic rings. The van der Waals surface area contributed by atoms with Gasteiger partial charge in [0, 0.05) is 5.56 Å². The van der Waals surface area contributed by atoms with E-state index in [0.717, 1.165) is 31.4 Å². The first-order chi connectivity index (χ1) is 17.9. The van der Waals surface area contributed by atoms with Crippen LogP contribution in [-0.2, 0) is 14.8 Å². The van der Waals surface area contributed by atoms with Crippen molar-refractivity contribution in [1.29, 1.82) is 0 Å². The van der Waals surface area contributed by atoms with Crippen LogP contribution in [0.15, 0.2) is 119 Å². The first kappa shape index (κ1) is 24.5. The van der Waals surface area contributed by atoms with Crippen molar-refractivity contribution < 1.29 is 13.2 Å². The smallest absolute Gasteiger partial charge is 0.264 e. The van der Waals surface area contributed by atoms with Crippen LogP contribution in [0, 0.1) is 0 Å². The van der Waals surface area contributed by atoms with E-state index in [1.807, 2.05) is 48.5 Å². The number of hydrogen-bond donors (Lipinski definition) is 1. The Morgan fingerprint density at radius 2 is 1.38 bits per heavy atom. The van der Waals surface area contributed by atoms with Gasteiger partial charge in [0.15, 0.2) is 0 Å². The maximum atomic E-state index is 13.5. The molecular weight excluding hydrogens is 506 g/mol. The zero-order valence-corrected chi connectivity index (χ0v) is 21.2. The Hall–Kier alpha value is -4.20. The van der Waals surface area contributed by atoms with Crippen molar-refractivity contribution in [2.45, 2.75) is 4.90 Å². The zero-order chi connectivity index (χ0) is 25.8. The SMILES string of the molecule is O=C(CN(c1ccccc1Cl)S(=O)(=O)c1ccccc1)N/N=C/c1c2ccccc2cc2ccccc12. The molecule has 0 aromatic heterocycles. The van der Waals surface area contributed by atoms with Crippen LogP contribution in [0.4, 0.5) is 5.69 Å². The fourth-order valence-corrected chi connectivity index (χ4v) is 5.94. The first-order valence-electron chi connectivity index (χ1n) is 11.5. The molecule has 0 spiro atoms. The van der Waals surface area contributed by atoms with Gasteiger partial charge in [0.25, 0.3) is 15.9 Å². The van der Waals surface area contributed by atoms with Gasteiger partial charge in [-0.15, -0.1) is 0 Å². The van der Waals surface area contributed by atoms with Crippen LogP contribution < -0.4 is 9.73 Å². The predicted molar refractivity (Wildman–Crippen MR) is 150 cm³/mol. The van der Waals surface area contributed by atoms with Crippen molar-refractivity contribution in [1.82, 2.24) is 5.43 Å². The number of halogens is 1. The summed E-state index contributed by atoms with van der Waals surface area (Å²) in [6, 6.07) is 32.4. The molecular formula is C29H22ClN3O3S. The third kappa shape index (κ3) is 5.05. The van der Waals surface area contributed by atoms with Crippen LogP contribution >= 0.6 is 11.6 Å². The normalized spacial score (nSPS) is 11.7. The lowest BCUT2D eigenvalue weighted by Crippen LogP contribution is -2.39. The maximum absolute atomic E-state index is 13.5. The Kier molecular flexibility index (Phi) is 6.90. The third-order valence-corrected chi connectivity index (χ3v) is 8.03. The molecule has 5 rings (SSSR count). The van der Waals surface area contributed by atoms with Gasteiger partial charge in [-0.25, -0.2) is 13.8 Å². The molecule has 8 heteroatoms. The molecule has 1 N–H and O–H groups in total. The van der Waals surface area contributed by atoms with Gasteiger partial charge in [0.05, 0.1) is 21.8 Å². The van der Waals surface area contributed by atoms with E-state index in [1.165, 1.54) is 12.1 Å². The summed E-state index contributed by atoms with van der Waals surface area (Å²) < 4.78 is 27.9. The predicted octanol–water partition coefficient (Wildman–Crippen LogP) is 5.99. The van der Waals surface area contributed by atoms with Crippen molar-refractivity contribution in [3.63, 3.8) is 0 Å². The minimum absolute atomic E-state index is 0.0495. The molecule has 37 heavy (non-hydrogen) atoms. The average molecular weight is 528 g/mol. The van der Waals surface area contributed by atoms with Gasteiger partial charge in [-0.2, -0.15) is 5.10 Å². The topological polar surface area (TPSA) is 78.8 Å². The summed E-state index contributed by atoms with van der Waals surface area (Å²) in [4.78, 5) is 13.0. The van der Waals surface area contributed by atoms with E-state index in [2.05, 4.69) is 16.6 Å². The fraction of sp³-hybridized carbons (Fsp3) is 0.0345. The lowest BCUT2D eigenvalue weighted by Gasteiger charge is -2.24. The maximum Gasteiger partial charge on any atom is 0.264 e. The number of para-hydroxylation sites is 1. The molecule has 5 aromatic carbocycles. The summed E-state index contributed by atoms with van der Waals surface area (Å²) in [5.41, 5.74) is 3.54. The van der Waals surface area contributed by atoms with Gasteiger partial charge >= 0.3 is 0 Å². The highest BCUT2D eigenvalue weighted by atomic mass is 35.5. The highest BCUT2D eigenvalue weighted by Gasteiger charge is 2.28. The number of nitrogens with zero attached hydrogens (tertiary/aromatic N) is 2. The molecule has 184 valence electrons. The van der Waals surface area contributed by atoms with E-state index in [0.29, 0.717) is 0 Å². The molecule has 0 aliphatic carbocycles. The second kappa shape index (κ2) is 10.4. The van der Waals surface area contributed by atoms with E-state index < -0.39 is 22.5 Å². The largest absolute Gasteiger partial charge is 0.271 e. The van der Waals surface area contributed by atoms with Gasteiger partial charge in [-0.3, -0.25) is 9.10 Å². The van der Waals surface area contributed by atoms with Crippen LogP contribution in [-0.4, -0.2) is 27.1 Å². The second-order valence-electron chi connectivity index (χ2n) is 8.30. The molecule has 1 amide bonds. The Morgan fingerprint density at radius 1 is 0.811 bits per heavy atom. The van der Waals surface area contributed by atoms with Crippen molar-refractivity contribution >= 4 is 61.0 Å². The second-order valence-corrected chi connectivity index (χ2v) is 10.6. The molecule has 0 unspecified atom stereocenters. The zero-order valence-electron chi connectivity index (χ0n) is 19.6. The number of hydrazone groups is 1. The number of carbonyl (C=O) groups excluding carboxylic acids is 1. The summed E-state index contributed by atoms with van der Waals surface area (Å²) in [5.74, 6) is -0.611. The number of rotatable bonds is 7. The standard InChI is InChI=1S/C29H22ClN3O3S/c30-27-16-8-9-17-28(27)33(37(35,36)23-12-2-1-3-13-23)20-29(34)32-31-19-26-24-14-6-4-10-21(24)18-22-11-5-7-15-25(22)26/h1-19H,20H2,(H,32,34)/b31-19+. The summed E-state index contributed by atoms with van der Waals surface area (Å²) in [7, 11) is -4.07. The number of fused-ring (bicyclic) bond motifs is 2. The number of amides is 1. The quantitative estimate of drug-likeness (QED) is 0.160. The van der Waals surface area contributed by atoms with E-state index in [-0.39, 0.29) is 15.6 Å². The number of anilines is 1. The lowest BCUT2D eigenvalue weighted by molar-refractivity contribution is -0.119. The van der Waals surface area contributed by atoms with Crippen LogP contribution in [0.2, 0.25) is 5.02 Å². The molecule has 0 fully saturated rings. The summed E-state index contributed by atoms with van der Waals surface area (Å²) >= 11 is 6.32. The molecule has 0 atom stereocenters. The molecule has 5 aromatic rings. The lowest BCUT2D eigenvalue weighted by atomic mass is 9.97. The number of nitrogens with one attached hydrogen (secondary N) is 1. The van der Waals surface area contributed by atoms with Gasteiger partial charge in [0.2, 0.25) is 0 Å². The fourth-order valence-electron chi connectivity index (χ4n) is 4.20. The van der Waals surface area contributed by atoms with Gasteiger partial charge in [-0.05, 0) is 51.9 Å². The van der Waals surface area contributed by atoms with Crippen molar-refractivity contribution in [3.05, 3.63) is 120 Å². The van der Waals surface area contributed by atoms with E-state index in [1.54, 1.807) is 48.7 Å². The average Bonchev–Trinajstić information content (AvgIpc) is 2.92. The summed E-state index contributed by atoms with van der Waals surface area (Å²) in [5, 5.41) is 8.47. The van der Waals surface area contributed by atoms with E-state index in [4.69, 9.17) is 11.6 Å². The van der Waals surface area contributed by atoms with Crippen molar-refractivity contribution in [2.75, 3.05) is 10.8 Å². The van der Waals surface area contributed by atoms with Crippen LogP contribution in [0.25, 0.3) is 21.5 Å². The Morgan fingerprint density at radius 3 is 2.03 bits per heavy atom. The number of benzene rings is 5. The third-order valence-electron chi connectivity index (χ3n) is 5.94. The molecule has 0 aliphatic heterocycles. The Bertz CT molecular complexity index is 1680. The molecule has 0 radical (unpaired) electrons. The van der Waals surface area contributed by atoms with Gasteiger partial charge in [0.1, 0.15) is 6.54 Å². The highest BCUT2D eigenvalue weighted by Crippen LogP contribution is 2.30. The van der Waals surface area contributed by atoms with Crippen molar-refractivity contribution in [2.24, 2.45) is 5.10 Å². The van der Waals surface area contributed by atoms with Crippen LogP contribution in [0.5, 0.6) is 0 Å². The van der Waals surface area contributed by atoms with Gasteiger partial charge in [-0.1, -0.05) is 90.5 Å². The molecule has 0 saturated carbocycles. The van der Waals surface area contributed by atoms with Crippen LogP contribution in [0.1, 0.15) is 5.56 Å². The Balaban J connectivity index is 1.45. The van der Waals surface area contributed by atoms with Gasteiger partial charge < -0.3 is 0 Å². The number of sulfonamides is 1. The molecule has 0 bridgehead atoms. The molecule has 0 saturated heterocycles. The monoisotopic (exact) mass is 527 g/mol. The van der Waals surface area contributed by atoms with Crippen LogP contribution in [0.3, 0.4) is 0 Å². The summed E-state index contributed by atoms with van der Waals surface area (Å²) in [6.45, 7) is -0.505. The minimum atomic E-state index is -4.07. The van der Waals surface area contributed by atoms with Crippen molar-refractivity contribution in [3.8, 4) is 0 Å². The number of carbonyl (C=O) groups is 1. The highest BCUT2D eigenvalue weighted by molar-refractivity contribution is 7.92. The first-order valence-corrected chi connectivity index (χ1v) is 13.3. The van der Waals surface area contributed by atoms with E-state index >= 15 is 0 Å². The molecule has 6 nitrogen and oxygen atoms in total. The minimum Gasteiger partial charge on any atom is -0.271 e. The summed E-state index contributed by atoms with van der Waals surface area (Å²) in [6.07, 6.45) is 1.59. The Labute approximate surface area is 219 Å². The van der Waals surface area contributed by atoms with E-state index in [9.17, 15) is 13.2 Å². The number of hydrogen-bond acceptors (Lipinski definition) is 4.